The van der Waals surface area contributed by atoms with Gasteiger partial charge in [-0.1, -0.05) is 17.7 Å². The SMILES string of the molecule is CCOC(=O)c1n[nH]c(NC(=O)c2ccc(C)cc2)c1F. The summed E-state index contributed by atoms with van der Waals surface area (Å²) in [6, 6.07) is 6.76. The number of rotatable bonds is 4. The summed E-state index contributed by atoms with van der Waals surface area (Å²) in [5.74, 6) is -2.62. The van der Waals surface area contributed by atoms with E-state index >= 15 is 0 Å². The van der Waals surface area contributed by atoms with Gasteiger partial charge < -0.3 is 10.1 Å². The van der Waals surface area contributed by atoms with E-state index in [0.717, 1.165) is 5.56 Å². The number of halogens is 1. The first-order chi connectivity index (χ1) is 10.0. The normalized spacial score (nSPS) is 10.2. The molecule has 0 saturated heterocycles. The van der Waals surface area contributed by atoms with E-state index in [4.69, 9.17) is 0 Å². The second kappa shape index (κ2) is 6.17. The van der Waals surface area contributed by atoms with Gasteiger partial charge in [-0.15, -0.1) is 0 Å². The fourth-order valence-corrected chi connectivity index (χ4v) is 1.64. The van der Waals surface area contributed by atoms with Crippen LogP contribution in [0.1, 0.15) is 33.3 Å². The molecule has 2 rings (SSSR count). The minimum atomic E-state index is -0.950. The first kappa shape index (κ1) is 14.7. The maximum atomic E-state index is 13.9. The third-order valence-corrected chi connectivity index (χ3v) is 2.73. The van der Waals surface area contributed by atoms with E-state index in [1.54, 1.807) is 31.2 Å². The van der Waals surface area contributed by atoms with Gasteiger partial charge in [-0.05, 0) is 26.0 Å². The summed E-state index contributed by atoms with van der Waals surface area (Å²) in [5, 5.41) is 8.10. The number of aryl methyl sites for hydroxylation is 1. The third-order valence-electron chi connectivity index (χ3n) is 2.73. The highest BCUT2D eigenvalue weighted by Crippen LogP contribution is 2.16. The van der Waals surface area contributed by atoms with Crippen LogP contribution in [0.5, 0.6) is 0 Å². The van der Waals surface area contributed by atoms with Gasteiger partial charge in [0.1, 0.15) is 0 Å². The average molecular weight is 291 g/mol. The predicted molar refractivity (Wildman–Crippen MR) is 73.6 cm³/mol. The molecule has 6 nitrogen and oxygen atoms in total. The maximum absolute atomic E-state index is 13.9. The van der Waals surface area contributed by atoms with E-state index in [-0.39, 0.29) is 12.4 Å². The van der Waals surface area contributed by atoms with Crippen LogP contribution in [-0.4, -0.2) is 28.7 Å². The van der Waals surface area contributed by atoms with Crippen LogP contribution >= 0.6 is 0 Å². The monoisotopic (exact) mass is 291 g/mol. The lowest BCUT2D eigenvalue weighted by Gasteiger charge is -2.03. The van der Waals surface area contributed by atoms with Crippen molar-refractivity contribution in [1.29, 1.82) is 0 Å². The van der Waals surface area contributed by atoms with E-state index in [2.05, 4.69) is 20.3 Å². The summed E-state index contributed by atoms with van der Waals surface area (Å²) in [7, 11) is 0. The molecule has 0 saturated carbocycles. The van der Waals surface area contributed by atoms with Gasteiger partial charge in [0.2, 0.25) is 5.69 Å². The number of hydrogen-bond donors (Lipinski definition) is 2. The lowest BCUT2D eigenvalue weighted by atomic mass is 10.1. The molecule has 7 heteroatoms. The zero-order valence-electron chi connectivity index (χ0n) is 11.6. The summed E-state index contributed by atoms with van der Waals surface area (Å²) in [4.78, 5) is 23.4. The quantitative estimate of drug-likeness (QED) is 0.846. The van der Waals surface area contributed by atoms with Crippen molar-refractivity contribution in [3.63, 3.8) is 0 Å². The van der Waals surface area contributed by atoms with Crippen LogP contribution in [0.15, 0.2) is 24.3 Å². The zero-order valence-corrected chi connectivity index (χ0v) is 11.6. The number of benzene rings is 1. The van der Waals surface area contributed by atoms with Crippen LogP contribution in [0, 0.1) is 12.7 Å². The number of nitrogens with zero attached hydrogens (tertiary/aromatic N) is 1. The van der Waals surface area contributed by atoms with Gasteiger partial charge in [-0.2, -0.15) is 5.10 Å². The molecular weight excluding hydrogens is 277 g/mol. The second-order valence-electron chi connectivity index (χ2n) is 4.30. The van der Waals surface area contributed by atoms with E-state index < -0.39 is 23.4 Å². The number of carbonyl (C=O) groups excluding carboxylic acids is 2. The van der Waals surface area contributed by atoms with Crippen molar-refractivity contribution in [1.82, 2.24) is 10.2 Å². The van der Waals surface area contributed by atoms with Crippen LogP contribution in [0.3, 0.4) is 0 Å². The molecule has 0 bridgehead atoms. The van der Waals surface area contributed by atoms with E-state index in [9.17, 15) is 14.0 Å². The van der Waals surface area contributed by atoms with Gasteiger partial charge in [-0.3, -0.25) is 9.89 Å². The molecule has 2 N–H and O–H groups in total. The number of esters is 1. The van der Waals surface area contributed by atoms with Crippen LogP contribution in [0.4, 0.5) is 10.2 Å². The number of nitrogens with one attached hydrogen (secondary N) is 2. The van der Waals surface area contributed by atoms with Crippen molar-refractivity contribution in [3.05, 3.63) is 46.9 Å². The molecule has 1 aromatic heterocycles. The van der Waals surface area contributed by atoms with Crippen LogP contribution < -0.4 is 5.32 Å². The highest BCUT2D eigenvalue weighted by atomic mass is 19.1. The number of hydrogen-bond acceptors (Lipinski definition) is 4. The molecule has 0 aliphatic carbocycles. The Morgan fingerprint density at radius 3 is 2.62 bits per heavy atom. The first-order valence-corrected chi connectivity index (χ1v) is 6.32. The molecule has 0 aliphatic rings. The highest BCUT2D eigenvalue weighted by molar-refractivity contribution is 6.04. The smallest absolute Gasteiger partial charge is 0.362 e. The Balaban J connectivity index is 2.15. The van der Waals surface area contributed by atoms with Gasteiger partial charge in [0.05, 0.1) is 6.61 Å². The standard InChI is InChI=1S/C14H14FN3O3/c1-3-21-14(20)11-10(15)12(18-17-11)16-13(19)9-6-4-8(2)5-7-9/h4-7H,3H2,1-2H3,(H2,16,17,18,19). The molecular formula is C14H14FN3O3. The van der Waals surface area contributed by atoms with Crippen molar-refractivity contribution in [2.75, 3.05) is 11.9 Å². The van der Waals surface area contributed by atoms with Crippen LogP contribution in [0.25, 0.3) is 0 Å². The topological polar surface area (TPSA) is 84.1 Å². The summed E-state index contributed by atoms with van der Waals surface area (Å²) in [5.41, 5.74) is 0.882. The van der Waals surface area contributed by atoms with Crippen molar-refractivity contribution in [3.8, 4) is 0 Å². The molecule has 0 fully saturated rings. The Kier molecular flexibility index (Phi) is 4.32. The minimum Gasteiger partial charge on any atom is -0.461 e. The summed E-state index contributed by atoms with van der Waals surface area (Å²) >= 11 is 0. The molecule has 1 heterocycles. The number of carbonyl (C=O) groups is 2. The van der Waals surface area contributed by atoms with Gasteiger partial charge in [0.25, 0.3) is 5.91 Å². The Morgan fingerprint density at radius 1 is 1.33 bits per heavy atom. The van der Waals surface area contributed by atoms with Crippen LogP contribution in [0.2, 0.25) is 0 Å². The maximum Gasteiger partial charge on any atom is 0.362 e. The third kappa shape index (κ3) is 3.25. The summed E-state index contributed by atoms with van der Waals surface area (Å²) in [6.07, 6.45) is 0. The Morgan fingerprint density at radius 2 is 2.00 bits per heavy atom. The molecule has 1 aromatic carbocycles. The first-order valence-electron chi connectivity index (χ1n) is 6.32. The van der Waals surface area contributed by atoms with Crippen molar-refractivity contribution in [2.45, 2.75) is 13.8 Å². The van der Waals surface area contributed by atoms with Crippen molar-refractivity contribution >= 4 is 17.7 Å². The molecule has 110 valence electrons. The van der Waals surface area contributed by atoms with E-state index in [1.165, 1.54) is 0 Å². The Labute approximate surface area is 120 Å². The van der Waals surface area contributed by atoms with E-state index in [1.807, 2.05) is 6.92 Å². The summed E-state index contributed by atoms with van der Waals surface area (Å²) in [6.45, 7) is 3.60. The van der Waals surface area contributed by atoms with Gasteiger partial charge >= 0.3 is 5.97 Å². The second-order valence-corrected chi connectivity index (χ2v) is 4.30. The van der Waals surface area contributed by atoms with E-state index in [0.29, 0.717) is 5.56 Å². The predicted octanol–water partition coefficient (Wildman–Crippen LogP) is 2.29. The summed E-state index contributed by atoms with van der Waals surface area (Å²) < 4.78 is 18.6. The molecule has 0 spiro atoms. The van der Waals surface area contributed by atoms with Crippen molar-refractivity contribution < 1.29 is 18.7 Å². The number of amides is 1. The van der Waals surface area contributed by atoms with Crippen LogP contribution in [-0.2, 0) is 4.74 Å². The molecule has 0 radical (unpaired) electrons. The minimum absolute atomic E-state index is 0.107. The Bertz CT molecular complexity index is 665. The fourth-order valence-electron chi connectivity index (χ4n) is 1.64. The number of H-pyrrole nitrogens is 1. The van der Waals surface area contributed by atoms with Gasteiger partial charge in [0, 0.05) is 5.56 Å². The van der Waals surface area contributed by atoms with Gasteiger partial charge in [-0.25, -0.2) is 9.18 Å². The lowest BCUT2D eigenvalue weighted by Crippen LogP contribution is -2.13. The molecule has 0 atom stereocenters. The number of anilines is 1. The molecule has 1 amide bonds. The zero-order chi connectivity index (χ0) is 15.4. The molecule has 0 aliphatic heterocycles. The molecule has 2 aromatic rings. The number of ether oxygens (including phenoxy) is 1. The Hall–Kier alpha value is -2.70. The fraction of sp³-hybridized carbons (Fsp3) is 0.214. The van der Waals surface area contributed by atoms with Crippen molar-refractivity contribution in [2.24, 2.45) is 0 Å². The molecule has 21 heavy (non-hydrogen) atoms. The number of aromatic nitrogens is 2. The lowest BCUT2D eigenvalue weighted by molar-refractivity contribution is 0.0514. The number of aromatic amines is 1. The average Bonchev–Trinajstić information content (AvgIpc) is 2.81. The molecule has 0 unspecified atom stereocenters. The highest BCUT2D eigenvalue weighted by Gasteiger charge is 2.22. The van der Waals surface area contributed by atoms with Gasteiger partial charge in [0.15, 0.2) is 11.6 Å². The largest absolute Gasteiger partial charge is 0.461 e.